The topological polar surface area (TPSA) is 33.7 Å². The van der Waals surface area contributed by atoms with E-state index >= 15 is 0 Å². The Balaban J connectivity index is 3.82. The molecule has 1 N–H and O–H groups in total. The molecule has 0 rings (SSSR count). The summed E-state index contributed by atoms with van der Waals surface area (Å²) in [5.74, 6) is 0. The van der Waals surface area contributed by atoms with Crippen LogP contribution in [0.5, 0.6) is 0 Å². The van der Waals surface area contributed by atoms with Crippen LogP contribution in [0.4, 0.5) is 0 Å². The van der Waals surface area contributed by atoms with Crippen LogP contribution in [0.1, 0.15) is 6.92 Å². The molecule has 16 heavy (non-hydrogen) atoms. The van der Waals surface area contributed by atoms with E-state index in [0.717, 1.165) is 45.9 Å². The average molecular weight is 230 g/mol. The molecule has 0 unspecified atom stereocenters. The van der Waals surface area contributed by atoms with Gasteiger partial charge in [-0.05, 0) is 12.1 Å². The molecule has 0 aliphatic carbocycles. The number of ether oxygens (including phenoxy) is 2. The molecule has 0 bridgehead atoms. The van der Waals surface area contributed by atoms with Crippen molar-refractivity contribution in [2.75, 3.05) is 60.2 Å². The van der Waals surface area contributed by atoms with Gasteiger partial charge in [-0.3, -0.25) is 4.90 Å². The van der Waals surface area contributed by atoms with E-state index < -0.39 is 0 Å². The van der Waals surface area contributed by atoms with E-state index in [1.807, 2.05) is 0 Å². The SMILES string of the molecule is C=C(CNCC)CN(CCOC)CCOC. The summed E-state index contributed by atoms with van der Waals surface area (Å²) in [5.41, 5.74) is 1.20. The van der Waals surface area contributed by atoms with Gasteiger partial charge in [-0.25, -0.2) is 0 Å². The van der Waals surface area contributed by atoms with Gasteiger partial charge in [-0.2, -0.15) is 0 Å². The molecule has 0 saturated heterocycles. The lowest BCUT2D eigenvalue weighted by Crippen LogP contribution is -2.34. The van der Waals surface area contributed by atoms with Gasteiger partial charge in [0.15, 0.2) is 0 Å². The minimum atomic E-state index is 0.748. The van der Waals surface area contributed by atoms with E-state index in [1.165, 1.54) is 5.57 Å². The van der Waals surface area contributed by atoms with E-state index in [1.54, 1.807) is 14.2 Å². The fourth-order valence-corrected chi connectivity index (χ4v) is 1.38. The van der Waals surface area contributed by atoms with Crippen molar-refractivity contribution in [2.45, 2.75) is 6.92 Å². The molecule has 0 aromatic heterocycles. The molecule has 96 valence electrons. The molecule has 0 radical (unpaired) electrons. The maximum absolute atomic E-state index is 5.09. The van der Waals surface area contributed by atoms with Gasteiger partial charge in [0.25, 0.3) is 0 Å². The third kappa shape index (κ3) is 8.85. The fourth-order valence-electron chi connectivity index (χ4n) is 1.38. The van der Waals surface area contributed by atoms with Gasteiger partial charge in [0.1, 0.15) is 0 Å². The Morgan fingerprint density at radius 3 is 2.19 bits per heavy atom. The number of methoxy groups -OCH3 is 2. The minimum absolute atomic E-state index is 0.748. The number of hydrogen-bond acceptors (Lipinski definition) is 4. The maximum Gasteiger partial charge on any atom is 0.0589 e. The highest BCUT2D eigenvalue weighted by Gasteiger charge is 2.05. The first-order valence-corrected chi connectivity index (χ1v) is 5.82. The monoisotopic (exact) mass is 230 g/mol. The molecule has 0 fully saturated rings. The zero-order chi connectivity index (χ0) is 12.2. The summed E-state index contributed by atoms with van der Waals surface area (Å²) in [5, 5.41) is 3.28. The highest BCUT2D eigenvalue weighted by Crippen LogP contribution is 1.96. The van der Waals surface area contributed by atoms with Gasteiger partial charge in [0, 0.05) is 40.4 Å². The molecular weight excluding hydrogens is 204 g/mol. The number of rotatable bonds is 11. The van der Waals surface area contributed by atoms with E-state index in [9.17, 15) is 0 Å². The van der Waals surface area contributed by atoms with Crippen LogP contribution in [-0.2, 0) is 9.47 Å². The summed E-state index contributed by atoms with van der Waals surface area (Å²) in [6, 6.07) is 0. The largest absolute Gasteiger partial charge is 0.383 e. The number of nitrogens with one attached hydrogen (secondary N) is 1. The zero-order valence-electron chi connectivity index (χ0n) is 10.9. The van der Waals surface area contributed by atoms with E-state index in [4.69, 9.17) is 9.47 Å². The lowest BCUT2D eigenvalue weighted by molar-refractivity contribution is 0.119. The van der Waals surface area contributed by atoms with Crippen LogP contribution in [0.15, 0.2) is 12.2 Å². The van der Waals surface area contributed by atoms with Crippen LogP contribution >= 0.6 is 0 Å². The fraction of sp³-hybridized carbons (Fsp3) is 0.833. The van der Waals surface area contributed by atoms with Crippen molar-refractivity contribution >= 4 is 0 Å². The van der Waals surface area contributed by atoms with Crippen molar-refractivity contribution in [2.24, 2.45) is 0 Å². The predicted molar refractivity (Wildman–Crippen MR) is 67.9 cm³/mol. The second-order valence-corrected chi connectivity index (χ2v) is 3.79. The first-order chi connectivity index (χ1) is 7.74. The van der Waals surface area contributed by atoms with Gasteiger partial charge >= 0.3 is 0 Å². The van der Waals surface area contributed by atoms with E-state index in [-0.39, 0.29) is 0 Å². The van der Waals surface area contributed by atoms with Crippen molar-refractivity contribution in [3.05, 3.63) is 12.2 Å². The van der Waals surface area contributed by atoms with Gasteiger partial charge in [0.05, 0.1) is 13.2 Å². The Morgan fingerprint density at radius 1 is 1.19 bits per heavy atom. The number of likely N-dealkylation sites (N-methyl/N-ethyl adjacent to an activating group) is 1. The molecule has 0 heterocycles. The Kier molecular flexibility index (Phi) is 10.8. The number of nitrogens with zero attached hydrogens (tertiary/aromatic N) is 1. The highest BCUT2D eigenvalue weighted by atomic mass is 16.5. The molecule has 0 atom stereocenters. The third-order valence-electron chi connectivity index (χ3n) is 2.30. The predicted octanol–water partition coefficient (Wildman–Crippen LogP) is 0.747. The summed E-state index contributed by atoms with van der Waals surface area (Å²) >= 11 is 0. The molecule has 0 spiro atoms. The molecule has 0 saturated carbocycles. The summed E-state index contributed by atoms with van der Waals surface area (Å²) in [4.78, 5) is 2.30. The van der Waals surface area contributed by atoms with Gasteiger partial charge < -0.3 is 14.8 Å². The van der Waals surface area contributed by atoms with E-state index in [2.05, 4.69) is 23.7 Å². The molecule has 4 nitrogen and oxygen atoms in total. The van der Waals surface area contributed by atoms with Crippen LogP contribution in [0, 0.1) is 0 Å². The van der Waals surface area contributed by atoms with Crippen LogP contribution in [0.2, 0.25) is 0 Å². The maximum atomic E-state index is 5.09. The van der Waals surface area contributed by atoms with E-state index in [0.29, 0.717) is 0 Å². The van der Waals surface area contributed by atoms with Crippen molar-refractivity contribution in [1.82, 2.24) is 10.2 Å². The smallest absolute Gasteiger partial charge is 0.0589 e. The first-order valence-electron chi connectivity index (χ1n) is 5.82. The lowest BCUT2D eigenvalue weighted by atomic mass is 10.2. The Labute approximate surface area is 99.6 Å². The van der Waals surface area contributed by atoms with Crippen molar-refractivity contribution < 1.29 is 9.47 Å². The standard InChI is InChI=1S/C12H26N2O2/c1-5-13-10-12(2)11-14(6-8-15-3)7-9-16-4/h13H,2,5-11H2,1,3-4H3. The van der Waals surface area contributed by atoms with Crippen LogP contribution in [0.25, 0.3) is 0 Å². The quantitative estimate of drug-likeness (QED) is 0.531. The molecular formula is C12H26N2O2. The van der Waals surface area contributed by atoms with Crippen LogP contribution < -0.4 is 5.32 Å². The normalized spacial score (nSPS) is 11.0. The lowest BCUT2D eigenvalue weighted by Gasteiger charge is -2.22. The number of hydrogen-bond donors (Lipinski definition) is 1. The molecule has 0 aliphatic rings. The van der Waals surface area contributed by atoms with Crippen molar-refractivity contribution in [1.29, 1.82) is 0 Å². The Hall–Kier alpha value is -0.420. The van der Waals surface area contributed by atoms with Crippen molar-refractivity contribution in [3.8, 4) is 0 Å². The summed E-state index contributed by atoms with van der Waals surface area (Å²) in [7, 11) is 3.45. The molecule has 0 aromatic carbocycles. The van der Waals surface area contributed by atoms with Gasteiger partial charge in [-0.1, -0.05) is 13.5 Å². The molecule has 0 amide bonds. The second-order valence-electron chi connectivity index (χ2n) is 3.79. The van der Waals surface area contributed by atoms with Gasteiger partial charge in [0.2, 0.25) is 0 Å². The minimum Gasteiger partial charge on any atom is -0.383 e. The third-order valence-corrected chi connectivity index (χ3v) is 2.30. The summed E-state index contributed by atoms with van der Waals surface area (Å²) in [6.45, 7) is 12.3. The molecule has 0 aliphatic heterocycles. The zero-order valence-corrected chi connectivity index (χ0v) is 10.9. The van der Waals surface area contributed by atoms with Crippen LogP contribution in [0.3, 0.4) is 0 Å². The Bertz CT molecular complexity index is 166. The summed E-state index contributed by atoms with van der Waals surface area (Å²) < 4.78 is 10.2. The highest BCUT2D eigenvalue weighted by molar-refractivity contribution is 4.99. The van der Waals surface area contributed by atoms with Crippen LogP contribution in [-0.4, -0.2) is 65.1 Å². The first kappa shape index (κ1) is 15.6. The Morgan fingerprint density at radius 2 is 1.75 bits per heavy atom. The average Bonchev–Trinajstić information content (AvgIpc) is 2.30. The summed E-state index contributed by atoms with van der Waals surface area (Å²) in [6.07, 6.45) is 0. The van der Waals surface area contributed by atoms with Gasteiger partial charge in [-0.15, -0.1) is 0 Å². The van der Waals surface area contributed by atoms with Crippen molar-refractivity contribution in [3.63, 3.8) is 0 Å². The molecule has 4 heteroatoms. The molecule has 0 aromatic rings. The second kappa shape index (κ2) is 11.1.